The van der Waals surface area contributed by atoms with Crippen molar-refractivity contribution >= 4 is 67.4 Å². The van der Waals surface area contributed by atoms with Crippen LogP contribution >= 0.6 is 22.9 Å². The summed E-state index contributed by atoms with van der Waals surface area (Å²) in [5.41, 5.74) is 0.546. The van der Waals surface area contributed by atoms with E-state index in [0.29, 0.717) is 58.8 Å². The molecule has 1 N–H and O–H groups in total. The van der Waals surface area contributed by atoms with Crippen molar-refractivity contribution in [3.8, 4) is 22.2 Å². The zero-order valence-corrected chi connectivity index (χ0v) is 37.6. The number of hydrogen-bond acceptors (Lipinski definition) is 13. The highest BCUT2D eigenvalue weighted by Gasteiger charge is 2.63. The van der Waals surface area contributed by atoms with Crippen molar-refractivity contribution in [3.05, 3.63) is 34.3 Å². The lowest BCUT2D eigenvalue weighted by atomic mass is 9.90. The largest absolute Gasteiger partial charge is 0.487 e. The number of thiazole rings is 1. The quantitative estimate of drug-likeness (QED) is 0.163. The highest BCUT2D eigenvalue weighted by atomic mass is 35.5. The van der Waals surface area contributed by atoms with E-state index < -0.39 is 57.1 Å². The Bertz CT molecular complexity index is 2280. The highest BCUT2D eigenvalue weighted by Crippen LogP contribution is 2.58. The second-order valence-corrected chi connectivity index (χ2v) is 20.3. The molecule has 4 heterocycles. The first-order chi connectivity index (χ1) is 28.4. The number of piperazine rings is 1. The molecule has 2 saturated heterocycles. The SMILES string of the molecule is CC[C@@H]1C[C@]1(CC(=O)[C@@H]1C[C@@H](Oc2cc(-c3nc(C(C)C)cs3)nc3c(Cl)c(OCC(OC)OC)ccc23)[C@H]2CN(C(C)=O)[C@H](C(C)C)C(=O)N21)C(=O)NS(=O)(=O)C1CC1. The molecule has 4 fully saturated rings. The fraction of sp³-hybridized carbons (Fsp3) is 0.619. The molecule has 3 aromatic rings. The van der Waals surface area contributed by atoms with E-state index in [-0.39, 0.29) is 66.4 Å². The Morgan fingerprint density at radius 1 is 1.08 bits per heavy atom. The fourth-order valence-electron chi connectivity index (χ4n) is 8.77. The monoisotopic (exact) mass is 887 g/mol. The van der Waals surface area contributed by atoms with Crippen LogP contribution in [0.1, 0.15) is 91.7 Å². The van der Waals surface area contributed by atoms with Gasteiger partial charge in [-0.3, -0.25) is 23.9 Å². The molecule has 3 amide bonds. The molecule has 18 heteroatoms. The first-order valence-corrected chi connectivity index (χ1v) is 23.4. The van der Waals surface area contributed by atoms with Crippen LogP contribution in [-0.2, 0) is 38.7 Å². The Labute approximate surface area is 359 Å². The van der Waals surface area contributed by atoms with Gasteiger partial charge >= 0.3 is 0 Å². The zero-order valence-electron chi connectivity index (χ0n) is 35.2. The van der Waals surface area contributed by atoms with Crippen LogP contribution in [-0.4, -0.2) is 115 Å². The minimum absolute atomic E-state index is 0.0524. The molecule has 0 spiro atoms. The highest BCUT2D eigenvalue weighted by molar-refractivity contribution is 7.90. The third-order valence-corrected chi connectivity index (χ3v) is 15.5. The summed E-state index contributed by atoms with van der Waals surface area (Å²) in [5, 5.41) is 2.75. The van der Waals surface area contributed by atoms with Crippen LogP contribution in [0.25, 0.3) is 21.6 Å². The van der Waals surface area contributed by atoms with Gasteiger partial charge in [0, 0.05) is 57.4 Å². The van der Waals surface area contributed by atoms with Gasteiger partial charge in [-0.25, -0.2) is 18.4 Å². The minimum atomic E-state index is -3.85. The number of carbonyl (C=O) groups excluding carboxylic acids is 4. The second-order valence-electron chi connectivity index (χ2n) is 17.1. The van der Waals surface area contributed by atoms with E-state index in [2.05, 4.69) is 4.72 Å². The van der Waals surface area contributed by atoms with E-state index in [9.17, 15) is 27.6 Å². The lowest BCUT2D eigenvalue weighted by Gasteiger charge is -2.46. The number of benzene rings is 1. The summed E-state index contributed by atoms with van der Waals surface area (Å²) in [7, 11) is -0.844. The molecule has 2 aromatic heterocycles. The number of sulfonamides is 1. The van der Waals surface area contributed by atoms with Crippen LogP contribution in [0.4, 0.5) is 0 Å². The molecule has 7 rings (SSSR count). The number of aromatic nitrogens is 2. The van der Waals surface area contributed by atoms with Gasteiger partial charge in [0.2, 0.25) is 27.7 Å². The average Bonchev–Trinajstić information content (AvgIpc) is 4.09. The third-order valence-electron chi connectivity index (χ3n) is 12.4. The van der Waals surface area contributed by atoms with Crippen LogP contribution in [0, 0.1) is 17.3 Å². The summed E-state index contributed by atoms with van der Waals surface area (Å²) >= 11 is 8.46. The van der Waals surface area contributed by atoms with E-state index in [1.54, 1.807) is 28.0 Å². The molecule has 2 aliphatic heterocycles. The smallest absolute Gasteiger partial charge is 0.246 e. The Morgan fingerprint density at radius 2 is 1.80 bits per heavy atom. The molecule has 0 unspecified atom stereocenters. The Hall–Kier alpha value is -3.90. The van der Waals surface area contributed by atoms with E-state index in [1.165, 1.54) is 32.5 Å². The van der Waals surface area contributed by atoms with Crippen molar-refractivity contribution in [2.24, 2.45) is 17.3 Å². The number of rotatable bonds is 17. The number of nitrogens with zero attached hydrogens (tertiary/aromatic N) is 4. The zero-order chi connectivity index (χ0) is 43.4. The molecule has 0 bridgehead atoms. The maximum Gasteiger partial charge on any atom is 0.246 e. The topological polar surface area (TPSA) is 184 Å². The first-order valence-electron chi connectivity index (χ1n) is 20.6. The van der Waals surface area contributed by atoms with Crippen LogP contribution in [0.2, 0.25) is 5.02 Å². The number of halogens is 1. The molecular weight excluding hydrogens is 834 g/mol. The van der Waals surface area contributed by atoms with Crippen LogP contribution in [0.3, 0.4) is 0 Å². The number of amides is 3. The normalized spacial score (nSPS) is 25.3. The van der Waals surface area contributed by atoms with Crippen LogP contribution in [0.15, 0.2) is 23.6 Å². The molecule has 6 atom stereocenters. The van der Waals surface area contributed by atoms with Crippen molar-refractivity contribution in [1.29, 1.82) is 0 Å². The van der Waals surface area contributed by atoms with Gasteiger partial charge in [-0.2, -0.15) is 0 Å². The summed E-state index contributed by atoms with van der Waals surface area (Å²) in [6.45, 7) is 11.3. The van der Waals surface area contributed by atoms with Gasteiger partial charge in [-0.05, 0) is 49.1 Å². The molecule has 1 aromatic carbocycles. The Kier molecular flexibility index (Phi) is 12.6. The fourth-order valence-corrected chi connectivity index (χ4v) is 11.4. The maximum atomic E-state index is 14.7. The molecular formula is C42H54ClN5O10S2. The van der Waals surface area contributed by atoms with Gasteiger partial charge < -0.3 is 28.7 Å². The molecule has 4 aliphatic rings. The second kappa shape index (κ2) is 17.1. The summed E-state index contributed by atoms with van der Waals surface area (Å²) < 4.78 is 51.5. The number of methoxy groups -OCH3 is 2. The third kappa shape index (κ3) is 8.36. The van der Waals surface area contributed by atoms with E-state index in [1.807, 2.05) is 40.0 Å². The van der Waals surface area contributed by atoms with E-state index in [4.69, 9.17) is 40.5 Å². The Balaban J connectivity index is 1.27. The first kappa shape index (κ1) is 44.2. The molecule has 326 valence electrons. The van der Waals surface area contributed by atoms with Crippen LogP contribution < -0.4 is 14.2 Å². The van der Waals surface area contributed by atoms with Crippen molar-refractivity contribution < 1.29 is 46.5 Å². The number of fused-ring (bicyclic) bond motifs is 2. The van der Waals surface area contributed by atoms with Crippen molar-refractivity contribution in [2.45, 2.75) is 122 Å². The number of ether oxygens (including phenoxy) is 4. The predicted molar refractivity (Wildman–Crippen MR) is 225 cm³/mol. The lowest BCUT2D eigenvalue weighted by Crippen LogP contribution is -2.66. The summed E-state index contributed by atoms with van der Waals surface area (Å²) in [6, 6.07) is 2.68. The van der Waals surface area contributed by atoms with Gasteiger partial charge in [-0.1, -0.05) is 52.6 Å². The predicted octanol–water partition coefficient (Wildman–Crippen LogP) is 5.72. The van der Waals surface area contributed by atoms with Gasteiger partial charge in [0.25, 0.3) is 0 Å². The number of ketones is 1. The molecule has 2 aliphatic carbocycles. The number of hydrogen-bond donors (Lipinski definition) is 1. The molecule has 15 nitrogen and oxygen atoms in total. The number of Topliss-reactive ketones (excluding diaryl/α,β-unsaturated/α-hetero) is 1. The van der Waals surface area contributed by atoms with E-state index in [0.717, 1.165) is 5.69 Å². The van der Waals surface area contributed by atoms with Gasteiger partial charge in [-0.15, -0.1) is 11.3 Å². The van der Waals surface area contributed by atoms with Gasteiger partial charge in [0.05, 0.1) is 34.0 Å². The molecule has 60 heavy (non-hydrogen) atoms. The van der Waals surface area contributed by atoms with Gasteiger partial charge in [0.1, 0.15) is 46.0 Å². The van der Waals surface area contributed by atoms with Crippen molar-refractivity contribution in [1.82, 2.24) is 24.5 Å². The number of pyridine rings is 1. The molecule has 2 saturated carbocycles. The molecule has 0 radical (unpaired) electrons. The Morgan fingerprint density at radius 3 is 2.38 bits per heavy atom. The summed E-state index contributed by atoms with van der Waals surface area (Å²) in [4.78, 5) is 69.1. The summed E-state index contributed by atoms with van der Waals surface area (Å²) in [5.74, 6) is -1.25. The standard InChI is InChI=1S/C42H54ClN5O10S2/c1-9-24-16-42(24,41(52)46-60(53,54)25-10-11-25)17-31(50)29-15-34(30-18-47(23(6)49)38(22(4)5)40(51)48(29)30)58-33-14-27(39-45-28(20-59-39)21(2)3)44-37-26(33)12-13-32(36(37)43)57-19-35(55-7)56-8/h12-14,20-22,24-25,29-30,34-35,38H,9-11,15-19H2,1-8H3,(H,46,52)/t24-,29+,30-,34-,38-,42-/m1/s1. The van der Waals surface area contributed by atoms with E-state index >= 15 is 0 Å². The maximum absolute atomic E-state index is 14.7. The summed E-state index contributed by atoms with van der Waals surface area (Å²) in [6.07, 6.45) is 0.327. The van der Waals surface area contributed by atoms with Crippen molar-refractivity contribution in [3.63, 3.8) is 0 Å². The van der Waals surface area contributed by atoms with Crippen LogP contribution in [0.5, 0.6) is 11.5 Å². The lowest BCUT2D eigenvalue weighted by molar-refractivity contribution is -0.159. The number of nitrogens with one attached hydrogen (secondary N) is 1. The van der Waals surface area contributed by atoms with Crippen molar-refractivity contribution in [2.75, 3.05) is 27.4 Å². The minimum Gasteiger partial charge on any atom is -0.487 e. The average molecular weight is 889 g/mol. The van der Waals surface area contributed by atoms with Gasteiger partial charge in [0.15, 0.2) is 12.1 Å². The number of carbonyl (C=O) groups is 4.